The lowest BCUT2D eigenvalue weighted by Gasteiger charge is -2.23. The Kier molecular flexibility index (Phi) is 3.88. The fourth-order valence-corrected chi connectivity index (χ4v) is 1.53. The Bertz CT molecular complexity index is 383. The smallest absolute Gasteiger partial charge is 0.330 e. The second-order valence-corrected chi connectivity index (χ2v) is 4.70. The summed E-state index contributed by atoms with van der Waals surface area (Å²) in [5, 5.41) is 0. The van der Waals surface area contributed by atoms with Crippen molar-refractivity contribution in [1.29, 1.82) is 0 Å². The Morgan fingerprint density at radius 2 is 1.75 bits per heavy atom. The lowest BCUT2D eigenvalue weighted by atomic mass is 9.82. The molecule has 0 aliphatic rings. The van der Waals surface area contributed by atoms with Gasteiger partial charge in [0.25, 0.3) is 0 Å². The lowest BCUT2D eigenvalue weighted by molar-refractivity contribution is -0.134. The van der Waals surface area contributed by atoms with E-state index in [9.17, 15) is 4.79 Å². The van der Waals surface area contributed by atoms with Crippen LogP contribution in [0.15, 0.2) is 36.4 Å². The van der Waals surface area contributed by atoms with E-state index in [1.54, 1.807) is 6.08 Å². The minimum absolute atomic E-state index is 0.0878. The summed E-state index contributed by atoms with van der Waals surface area (Å²) in [4.78, 5) is 11.3. The lowest BCUT2D eigenvalue weighted by Crippen LogP contribution is -2.11. The number of esters is 1. The van der Waals surface area contributed by atoms with Crippen LogP contribution >= 0.6 is 0 Å². The zero-order valence-electron chi connectivity index (χ0n) is 10.3. The molecule has 0 N–H and O–H groups in total. The Hall–Kier alpha value is -1.57. The molecule has 0 fully saturated rings. The zero-order chi connectivity index (χ0) is 12.2. The molecular formula is C14H18O2. The van der Waals surface area contributed by atoms with Crippen molar-refractivity contribution in [2.24, 2.45) is 5.41 Å². The van der Waals surface area contributed by atoms with E-state index in [0.29, 0.717) is 0 Å². The molecule has 16 heavy (non-hydrogen) atoms. The van der Waals surface area contributed by atoms with Gasteiger partial charge in [0.1, 0.15) is 0 Å². The SMILES string of the molecule is COC(=O)C=C(c1ccccc1)C(C)(C)C. The second-order valence-electron chi connectivity index (χ2n) is 4.70. The quantitative estimate of drug-likeness (QED) is 0.562. The van der Waals surface area contributed by atoms with Gasteiger partial charge in [-0.25, -0.2) is 4.79 Å². The van der Waals surface area contributed by atoms with E-state index in [1.165, 1.54) is 7.11 Å². The van der Waals surface area contributed by atoms with Gasteiger partial charge < -0.3 is 4.74 Å². The van der Waals surface area contributed by atoms with Gasteiger partial charge in [0, 0.05) is 6.08 Å². The van der Waals surface area contributed by atoms with E-state index in [-0.39, 0.29) is 11.4 Å². The maximum Gasteiger partial charge on any atom is 0.330 e. The molecular weight excluding hydrogens is 200 g/mol. The molecule has 0 aliphatic heterocycles. The third-order valence-corrected chi connectivity index (χ3v) is 2.36. The molecule has 0 radical (unpaired) electrons. The predicted molar refractivity (Wildman–Crippen MR) is 65.9 cm³/mol. The minimum Gasteiger partial charge on any atom is -0.466 e. The van der Waals surface area contributed by atoms with Gasteiger partial charge in [-0.1, -0.05) is 51.1 Å². The number of methoxy groups -OCH3 is 1. The molecule has 2 nitrogen and oxygen atoms in total. The van der Waals surface area contributed by atoms with E-state index in [1.807, 2.05) is 30.3 Å². The Balaban J connectivity index is 3.18. The molecule has 0 unspecified atom stereocenters. The van der Waals surface area contributed by atoms with Crippen LogP contribution in [0.25, 0.3) is 5.57 Å². The molecule has 0 amide bonds. The number of ether oxygens (including phenoxy) is 1. The van der Waals surface area contributed by atoms with Gasteiger partial charge in [-0.3, -0.25) is 0 Å². The summed E-state index contributed by atoms with van der Waals surface area (Å²) in [5.74, 6) is -0.311. The highest BCUT2D eigenvalue weighted by molar-refractivity contribution is 5.92. The van der Waals surface area contributed by atoms with Crippen molar-refractivity contribution in [3.8, 4) is 0 Å². The number of carbonyl (C=O) groups is 1. The standard InChI is InChI=1S/C14H18O2/c1-14(2,3)12(10-13(15)16-4)11-8-6-5-7-9-11/h5-10H,1-4H3. The first kappa shape index (κ1) is 12.5. The molecule has 0 heterocycles. The summed E-state index contributed by atoms with van der Waals surface area (Å²) in [7, 11) is 1.39. The summed E-state index contributed by atoms with van der Waals surface area (Å²) in [5.41, 5.74) is 1.95. The number of hydrogen-bond acceptors (Lipinski definition) is 2. The topological polar surface area (TPSA) is 26.3 Å². The van der Waals surface area contributed by atoms with Crippen molar-refractivity contribution in [3.63, 3.8) is 0 Å². The molecule has 2 heteroatoms. The first-order valence-electron chi connectivity index (χ1n) is 5.30. The number of carbonyl (C=O) groups excluding carboxylic acids is 1. The monoisotopic (exact) mass is 218 g/mol. The van der Waals surface area contributed by atoms with Crippen LogP contribution in [0.1, 0.15) is 26.3 Å². The van der Waals surface area contributed by atoms with Crippen molar-refractivity contribution in [3.05, 3.63) is 42.0 Å². The molecule has 0 aromatic heterocycles. The van der Waals surface area contributed by atoms with Gasteiger partial charge in [-0.15, -0.1) is 0 Å². The van der Waals surface area contributed by atoms with Crippen LogP contribution in [0.4, 0.5) is 0 Å². The zero-order valence-corrected chi connectivity index (χ0v) is 10.3. The maximum absolute atomic E-state index is 11.3. The summed E-state index contributed by atoms with van der Waals surface area (Å²) in [6.45, 7) is 6.23. The van der Waals surface area contributed by atoms with Gasteiger partial charge >= 0.3 is 5.97 Å². The second kappa shape index (κ2) is 4.97. The van der Waals surface area contributed by atoms with Gasteiger partial charge in [-0.05, 0) is 16.6 Å². The molecule has 1 rings (SSSR count). The van der Waals surface area contributed by atoms with Crippen molar-refractivity contribution >= 4 is 11.5 Å². The molecule has 0 atom stereocenters. The third-order valence-electron chi connectivity index (χ3n) is 2.36. The molecule has 0 spiro atoms. The van der Waals surface area contributed by atoms with Crippen LogP contribution in [-0.4, -0.2) is 13.1 Å². The maximum atomic E-state index is 11.3. The van der Waals surface area contributed by atoms with Crippen LogP contribution in [0.5, 0.6) is 0 Å². The van der Waals surface area contributed by atoms with Crippen LogP contribution in [0, 0.1) is 5.41 Å². The molecule has 0 saturated heterocycles. The summed E-state index contributed by atoms with van der Waals surface area (Å²) in [6.07, 6.45) is 1.56. The fraction of sp³-hybridized carbons (Fsp3) is 0.357. The largest absolute Gasteiger partial charge is 0.466 e. The first-order chi connectivity index (χ1) is 7.45. The predicted octanol–water partition coefficient (Wildman–Crippen LogP) is 3.29. The molecule has 86 valence electrons. The normalized spacial score (nSPS) is 12.4. The molecule has 1 aromatic rings. The number of allylic oxidation sites excluding steroid dienone is 1. The Morgan fingerprint density at radius 1 is 1.19 bits per heavy atom. The van der Waals surface area contributed by atoms with E-state index in [2.05, 4.69) is 25.5 Å². The van der Waals surface area contributed by atoms with Gasteiger partial charge in [0.05, 0.1) is 7.11 Å². The van der Waals surface area contributed by atoms with Gasteiger partial charge in [0.15, 0.2) is 0 Å². The van der Waals surface area contributed by atoms with Crippen LogP contribution < -0.4 is 0 Å². The van der Waals surface area contributed by atoms with E-state index >= 15 is 0 Å². The number of rotatable bonds is 2. The van der Waals surface area contributed by atoms with E-state index < -0.39 is 0 Å². The fourth-order valence-electron chi connectivity index (χ4n) is 1.53. The van der Waals surface area contributed by atoms with Crippen LogP contribution in [0.2, 0.25) is 0 Å². The van der Waals surface area contributed by atoms with Crippen molar-refractivity contribution in [2.45, 2.75) is 20.8 Å². The Labute approximate surface area is 96.9 Å². The summed E-state index contributed by atoms with van der Waals surface area (Å²) >= 11 is 0. The van der Waals surface area contributed by atoms with Crippen LogP contribution in [-0.2, 0) is 9.53 Å². The number of benzene rings is 1. The molecule has 1 aromatic carbocycles. The number of hydrogen-bond donors (Lipinski definition) is 0. The highest BCUT2D eigenvalue weighted by Crippen LogP contribution is 2.33. The molecule has 0 aliphatic carbocycles. The average molecular weight is 218 g/mol. The van der Waals surface area contributed by atoms with E-state index in [0.717, 1.165) is 11.1 Å². The highest BCUT2D eigenvalue weighted by Gasteiger charge is 2.19. The van der Waals surface area contributed by atoms with Crippen molar-refractivity contribution in [2.75, 3.05) is 7.11 Å². The van der Waals surface area contributed by atoms with E-state index in [4.69, 9.17) is 0 Å². The molecule has 0 bridgehead atoms. The Morgan fingerprint density at radius 3 is 2.19 bits per heavy atom. The van der Waals surface area contributed by atoms with Crippen molar-refractivity contribution < 1.29 is 9.53 Å². The summed E-state index contributed by atoms with van der Waals surface area (Å²) in [6, 6.07) is 9.89. The highest BCUT2D eigenvalue weighted by atomic mass is 16.5. The van der Waals surface area contributed by atoms with Gasteiger partial charge in [-0.2, -0.15) is 0 Å². The average Bonchev–Trinajstić information content (AvgIpc) is 2.25. The van der Waals surface area contributed by atoms with Gasteiger partial charge in [0.2, 0.25) is 0 Å². The third kappa shape index (κ3) is 3.23. The molecule has 0 saturated carbocycles. The van der Waals surface area contributed by atoms with Crippen molar-refractivity contribution in [1.82, 2.24) is 0 Å². The summed E-state index contributed by atoms with van der Waals surface area (Å²) < 4.78 is 4.68. The minimum atomic E-state index is -0.311. The first-order valence-corrected chi connectivity index (χ1v) is 5.30. The van der Waals surface area contributed by atoms with Crippen LogP contribution in [0.3, 0.4) is 0 Å².